The van der Waals surface area contributed by atoms with Crippen LogP contribution in [0, 0.1) is 34.6 Å². The molecular weight excluding hydrogens is 739 g/mol. The molecule has 0 spiro atoms. The average molecular weight is 798 g/mol. The van der Waals surface area contributed by atoms with E-state index in [1.165, 1.54) is 88.3 Å². The maximum absolute atomic E-state index is 4.93. The molecule has 0 amide bonds. The van der Waals surface area contributed by atoms with Crippen LogP contribution in [0.3, 0.4) is 0 Å². The van der Waals surface area contributed by atoms with Crippen molar-refractivity contribution in [2.24, 2.45) is 0 Å². The SMILES string of the molecule is CCc1cc2c(-c3ccc(C(C)(C)C)cc3)c(C)cc(C)c2[cH-]1.CCc1cc2c(-c3ccc(C(C)(C)C)cc3)c(C)cc(C)c2[cH-]1.[CH2-]C.[Cl][Zr][Cl]. The quantitative estimate of drug-likeness (QED) is 0.156. The fourth-order valence-electron chi connectivity index (χ4n) is 7.02. The van der Waals surface area contributed by atoms with Gasteiger partial charge in [0.1, 0.15) is 0 Å². The number of aryl methyl sites for hydroxylation is 6. The van der Waals surface area contributed by atoms with Crippen LogP contribution in [-0.4, -0.2) is 0 Å². The molecule has 6 rings (SSSR count). The monoisotopic (exact) mass is 795 g/mol. The summed E-state index contributed by atoms with van der Waals surface area (Å²) in [7, 11) is 9.87. The zero-order chi connectivity index (χ0) is 38.3. The number of rotatable bonds is 4. The molecule has 272 valence electrons. The fraction of sp³-hybridized carbons (Fsp3) is 0.354. The molecule has 6 aromatic carbocycles. The topological polar surface area (TPSA) is 0 Å². The molecule has 0 saturated heterocycles. The molecule has 0 unspecified atom stereocenters. The molecule has 0 aliphatic rings. The van der Waals surface area contributed by atoms with Crippen LogP contribution in [0.2, 0.25) is 0 Å². The van der Waals surface area contributed by atoms with Crippen LogP contribution in [0.25, 0.3) is 43.8 Å². The molecule has 0 nitrogen and oxygen atoms in total. The van der Waals surface area contributed by atoms with Crippen LogP contribution in [0.4, 0.5) is 0 Å². The van der Waals surface area contributed by atoms with Gasteiger partial charge in [-0.15, -0.1) is 55.9 Å². The van der Waals surface area contributed by atoms with Gasteiger partial charge in [-0.2, -0.15) is 19.1 Å². The van der Waals surface area contributed by atoms with E-state index in [0.717, 1.165) is 12.8 Å². The van der Waals surface area contributed by atoms with Crippen molar-refractivity contribution in [3.63, 3.8) is 0 Å². The number of hydrogen-bond donors (Lipinski definition) is 0. The number of hydrogen-bond acceptors (Lipinski definition) is 0. The third-order valence-electron chi connectivity index (χ3n) is 9.84. The van der Waals surface area contributed by atoms with Gasteiger partial charge in [-0.3, -0.25) is 0 Å². The second-order valence-corrected chi connectivity index (χ2v) is 19.3. The van der Waals surface area contributed by atoms with Crippen LogP contribution < -0.4 is 0 Å². The minimum atomic E-state index is -0.826. The Labute approximate surface area is 329 Å². The van der Waals surface area contributed by atoms with E-state index < -0.39 is 20.8 Å². The van der Waals surface area contributed by atoms with Crippen LogP contribution in [-0.2, 0) is 44.5 Å². The van der Waals surface area contributed by atoms with Gasteiger partial charge in [-0.25, -0.2) is 0 Å². The summed E-state index contributed by atoms with van der Waals surface area (Å²) in [5, 5.41) is 5.62. The summed E-state index contributed by atoms with van der Waals surface area (Å²) in [4.78, 5) is 0. The molecule has 0 heterocycles. The van der Waals surface area contributed by atoms with Crippen LogP contribution in [0.1, 0.15) is 107 Å². The van der Waals surface area contributed by atoms with Gasteiger partial charge in [0.2, 0.25) is 0 Å². The summed E-state index contributed by atoms with van der Waals surface area (Å²) in [5.74, 6) is 0. The van der Waals surface area contributed by atoms with Crippen molar-refractivity contribution in [2.45, 2.75) is 114 Å². The van der Waals surface area contributed by atoms with E-state index in [1.54, 1.807) is 6.92 Å². The van der Waals surface area contributed by atoms with E-state index in [0.29, 0.717) is 0 Å². The van der Waals surface area contributed by atoms with Crippen LogP contribution in [0.5, 0.6) is 0 Å². The van der Waals surface area contributed by atoms with Crippen molar-refractivity contribution in [1.82, 2.24) is 0 Å². The van der Waals surface area contributed by atoms with E-state index in [9.17, 15) is 0 Å². The summed E-state index contributed by atoms with van der Waals surface area (Å²) < 4.78 is 0. The third-order valence-corrected chi connectivity index (χ3v) is 9.84. The Bertz CT molecular complexity index is 1860. The molecule has 51 heavy (non-hydrogen) atoms. The second-order valence-electron chi connectivity index (χ2n) is 15.6. The second kappa shape index (κ2) is 18.5. The zero-order valence-corrected chi connectivity index (χ0v) is 37.4. The number of fused-ring (bicyclic) bond motifs is 2. The van der Waals surface area contributed by atoms with Gasteiger partial charge in [0.25, 0.3) is 0 Å². The Balaban J connectivity index is 0.000000245. The first-order valence-electron chi connectivity index (χ1n) is 18.3. The van der Waals surface area contributed by atoms with Gasteiger partial charge < -0.3 is 6.92 Å². The molecule has 0 aromatic heterocycles. The Kier molecular flexibility index (Phi) is 15.6. The molecule has 0 bridgehead atoms. The molecule has 0 atom stereocenters. The molecule has 6 aromatic rings. The van der Waals surface area contributed by atoms with Crippen molar-refractivity contribution < 1.29 is 20.8 Å². The van der Waals surface area contributed by atoms with Crippen molar-refractivity contribution >= 4 is 38.6 Å². The molecule has 0 aliphatic carbocycles. The predicted molar refractivity (Wildman–Crippen MR) is 228 cm³/mol. The van der Waals surface area contributed by atoms with E-state index in [1.807, 2.05) is 0 Å². The van der Waals surface area contributed by atoms with Crippen molar-refractivity contribution in [1.29, 1.82) is 0 Å². The van der Waals surface area contributed by atoms with Gasteiger partial charge >= 0.3 is 37.9 Å². The number of halogens is 2. The van der Waals surface area contributed by atoms with E-state index in [2.05, 4.69) is 175 Å². The third kappa shape index (κ3) is 10.4. The first-order chi connectivity index (χ1) is 24.0. The molecule has 0 radical (unpaired) electrons. The van der Waals surface area contributed by atoms with Gasteiger partial charge in [-0.1, -0.05) is 152 Å². The van der Waals surface area contributed by atoms with Gasteiger partial charge in [0, 0.05) is 0 Å². The van der Waals surface area contributed by atoms with Crippen molar-refractivity contribution in [3.05, 3.63) is 136 Å². The average Bonchev–Trinajstić information content (AvgIpc) is 3.72. The molecule has 0 saturated carbocycles. The predicted octanol–water partition coefficient (Wildman–Crippen LogP) is 15.6. The molecule has 0 N–H and O–H groups in total. The first kappa shape index (κ1) is 43.0. The normalized spacial score (nSPS) is 11.3. The van der Waals surface area contributed by atoms with E-state index >= 15 is 0 Å². The Morgan fingerprint density at radius 2 is 0.824 bits per heavy atom. The Morgan fingerprint density at radius 1 is 0.529 bits per heavy atom. The van der Waals surface area contributed by atoms with E-state index in [-0.39, 0.29) is 10.8 Å². The minimum absolute atomic E-state index is 0.200. The van der Waals surface area contributed by atoms with Gasteiger partial charge in [0.15, 0.2) is 0 Å². The van der Waals surface area contributed by atoms with Crippen molar-refractivity contribution in [2.75, 3.05) is 0 Å². The molecule has 3 heteroatoms. The summed E-state index contributed by atoms with van der Waals surface area (Å²) in [5.41, 5.74) is 17.0. The molecular formula is C48H59Cl2Zr-3. The molecule has 0 fully saturated rings. The fourth-order valence-corrected chi connectivity index (χ4v) is 7.02. The summed E-state index contributed by atoms with van der Waals surface area (Å²) >= 11 is -0.826. The Hall–Kier alpha value is -2.44. The first-order valence-corrected chi connectivity index (χ1v) is 24.6. The van der Waals surface area contributed by atoms with Gasteiger partial charge in [0.05, 0.1) is 0 Å². The van der Waals surface area contributed by atoms with Crippen LogP contribution in [0.15, 0.2) is 84.9 Å². The summed E-state index contributed by atoms with van der Waals surface area (Å²) in [6.45, 7) is 32.0. The Morgan fingerprint density at radius 3 is 1.08 bits per heavy atom. The van der Waals surface area contributed by atoms with Crippen LogP contribution >= 0.6 is 17.0 Å². The summed E-state index contributed by atoms with van der Waals surface area (Å²) in [6, 6.07) is 32.4. The molecule has 0 aliphatic heterocycles. The van der Waals surface area contributed by atoms with E-state index in [4.69, 9.17) is 17.0 Å². The zero-order valence-electron chi connectivity index (χ0n) is 33.5. The van der Waals surface area contributed by atoms with Crippen molar-refractivity contribution in [3.8, 4) is 22.3 Å². The summed E-state index contributed by atoms with van der Waals surface area (Å²) in [6.07, 6.45) is 2.19. The maximum atomic E-state index is 4.93. The standard InChI is InChI=1S/2C23H27.C2H5.2ClH.Zr/c2*1-7-17-13-20-15(2)12-16(3)22(21(20)14-17)18-8-10-19(11-9-18)23(4,5)6;1-2;;;/h2*8-14H,7H2,1-6H3;1H2,2H3;2*1H;/q3*-1;;;+2/p-2. The van der Waals surface area contributed by atoms with Gasteiger partial charge in [-0.05, 0) is 59.8 Å². The number of benzene rings is 4.